The Morgan fingerprint density at radius 2 is 2.56 bits per heavy atom. The van der Waals surface area contributed by atoms with Crippen LogP contribution in [0.4, 0.5) is 0 Å². The molecule has 0 aromatic heterocycles. The molecule has 1 aliphatic rings. The van der Waals surface area contributed by atoms with Crippen molar-refractivity contribution in [3.63, 3.8) is 0 Å². The van der Waals surface area contributed by atoms with Crippen LogP contribution in [0.1, 0.15) is 6.42 Å². The minimum Gasteiger partial charge on any atom is -0.482 e. The number of hydrogen-bond donors (Lipinski definition) is 1. The molecular formula is C6H9NO2. The fourth-order valence-electron chi connectivity index (χ4n) is 0.709. The average Bonchev–Trinajstić information content (AvgIpc) is 1.88. The fourth-order valence-corrected chi connectivity index (χ4v) is 0.709. The van der Waals surface area contributed by atoms with Crippen LogP contribution in [0.25, 0.3) is 0 Å². The summed E-state index contributed by atoms with van der Waals surface area (Å²) in [5.41, 5.74) is 0. The zero-order valence-corrected chi connectivity index (χ0v) is 5.31. The van der Waals surface area contributed by atoms with Crippen LogP contribution < -0.4 is 5.32 Å². The molecule has 1 aliphatic heterocycles. The standard InChI is InChI=1S/C6H9NO2/c1-9-6-4-5(8)2-3-7-6/h4,7H,2-3H2,1H3. The van der Waals surface area contributed by atoms with E-state index in [0.29, 0.717) is 18.8 Å². The lowest BCUT2D eigenvalue weighted by Crippen LogP contribution is -2.24. The molecular weight excluding hydrogens is 118 g/mol. The van der Waals surface area contributed by atoms with Crippen molar-refractivity contribution in [3.05, 3.63) is 12.0 Å². The van der Waals surface area contributed by atoms with Crippen LogP contribution in [-0.2, 0) is 9.53 Å². The number of ketones is 1. The van der Waals surface area contributed by atoms with Crippen molar-refractivity contribution in [1.82, 2.24) is 5.32 Å². The van der Waals surface area contributed by atoms with Gasteiger partial charge in [-0.2, -0.15) is 0 Å². The van der Waals surface area contributed by atoms with Gasteiger partial charge in [0.05, 0.1) is 7.11 Å². The number of carbonyl (C=O) groups excluding carboxylic acids is 1. The van der Waals surface area contributed by atoms with E-state index in [1.54, 1.807) is 0 Å². The van der Waals surface area contributed by atoms with Crippen LogP contribution >= 0.6 is 0 Å². The average molecular weight is 127 g/mol. The highest BCUT2D eigenvalue weighted by molar-refractivity contribution is 5.90. The summed E-state index contributed by atoms with van der Waals surface area (Å²) in [6.45, 7) is 0.693. The summed E-state index contributed by atoms with van der Waals surface area (Å²) >= 11 is 0. The van der Waals surface area contributed by atoms with Crippen LogP contribution in [0.15, 0.2) is 12.0 Å². The van der Waals surface area contributed by atoms with E-state index in [0.717, 1.165) is 0 Å². The van der Waals surface area contributed by atoms with E-state index < -0.39 is 0 Å². The first-order valence-electron chi connectivity index (χ1n) is 2.85. The Balaban J connectivity index is 2.59. The number of hydrogen-bond acceptors (Lipinski definition) is 3. The molecule has 0 spiro atoms. The van der Waals surface area contributed by atoms with Gasteiger partial charge in [0.2, 0.25) is 0 Å². The smallest absolute Gasteiger partial charge is 0.189 e. The number of ether oxygens (including phenoxy) is 1. The summed E-state index contributed by atoms with van der Waals surface area (Å²) in [6, 6.07) is 0. The van der Waals surface area contributed by atoms with Crippen molar-refractivity contribution in [2.75, 3.05) is 13.7 Å². The van der Waals surface area contributed by atoms with Gasteiger partial charge in [-0.1, -0.05) is 0 Å². The molecule has 1 heterocycles. The first-order valence-corrected chi connectivity index (χ1v) is 2.85. The molecule has 1 N–H and O–H groups in total. The van der Waals surface area contributed by atoms with Crippen molar-refractivity contribution < 1.29 is 9.53 Å². The predicted molar refractivity (Wildman–Crippen MR) is 32.7 cm³/mol. The maximum Gasteiger partial charge on any atom is 0.189 e. The molecule has 0 unspecified atom stereocenters. The van der Waals surface area contributed by atoms with Crippen LogP contribution in [0.5, 0.6) is 0 Å². The Labute approximate surface area is 53.7 Å². The molecule has 0 saturated carbocycles. The van der Waals surface area contributed by atoms with E-state index in [2.05, 4.69) is 5.32 Å². The summed E-state index contributed by atoms with van der Waals surface area (Å²) in [4.78, 5) is 10.6. The molecule has 3 heteroatoms. The maximum atomic E-state index is 10.6. The maximum absolute atomic E-state index is 10.6. The van der Waals surface area contributed by atoms with Gasteiger partial charge in [-0.05, 0) is 0 Å². The topological polar surface area (TPSA) is 38.3 Å². The summed E-state index contributed by atoms with van der Waals surface area (Å²) in [7, 11) is 1.54. The monoisotopic (exact) mass is 127 g/mol. The highest BCUT2D eigenvalue weighted by Gasteiger charge is 2.07. The van der Waals surface area contributed by atoms with Gasteiger partial charge in [0.1, 0.15) is 0 Å². The first-order chi connectivity index (χ1) is 4.33. The minimum absolute atomic E-state index is 0.130. The lowest BCUT2D eigenvalue weighted by molar-refractivity contribution is -0.115. The zero-order chi connectivity index (χ0) is 6.69. The van der Waals surface area contributed by atoms with Crippen LogP contribution in [-0.4, -0.2) is 19.4 Å². The third-order valence-electron chi connectivity index (χ3n) is 1.18. The van der Waals surface area contributed by atoms with E-state index in [4.69, 9.17) is 4.74 Å². The van der Waals surface area contributed by atoms with E-state index in [-0.39, 0.29) is 5.78 Å². The molecule has 0 aliphatic carbocycles. The van der Waals surface area contributed by atoms with Crippen molar-refractivity contribution in [2.45, 2.75) is 6.42 Å². The number of carbonyl (C=O) groups is 1. The molecule has 3 nitrogen and oxygen atoms in total. The van der Waals surface area contributed by atoms with Gasteiger partial charge in [0.25, 0.3) is 0 Å². The third kappa shape index (κ3) is 1.45. The molecule has 0 bridgehead atoms. The highest BCUT2D eigenvalue weighted by Crippen LogP contribution is 1.98. The number of rotatable bonds is 1. The lowest BCUT2D eigenvalue weighted by Gasteiger charge is -2.12. The molecule has 0 atom stereocenters. The molecule has 9 heavy (non-hydrogen) atoms. The number of allylic oxidation sites excluding steroid dienone is 1. The fraction of sp³-hybridized carbons (Fsp3) is 0.500. The third-order valence-corrected chi connectivity index (χ3v) is 1.18. The quantitative estimate of drug-likeness (QED) is 0.540. The van der Waals surface area contributed by atoms with Crippen LogP contribution in [0, 0.1) is 0 Å². The van der Waals surface area contributed by atoms with Gasteiger partial charge >= 0.3 is 0 Å². The van der Waals surface area contributed by atoms with Gasteiger partial charge in [0.15, 0.2) is 11.7 Å². The summed E-state index contributed by atoms with van der Waals surface area (Å²) in [6.07, 6.45) is 2.05. The molecule has 0 aromatic carbocycles. The van der Waals surface area contributed by atoms with Gasteiger partial charge in [-0.15, -0.1) is 0 Å². The largest absolute Gasteiger partial charge is 0.482 e. The molecule has 0 amide bonds. The van der Waals surface area contributed by atoms with Crippen molar-refractivity contribution in [2.24, 2.45) is 0 Å². The van der Waals surface area contributed by atoms with Crippen molar-refractivity contribution in [3.8, 4) is 0 Å². The van der Waals surface area contributed by atoms with Gasteiger partial charge in [-0.3, -0.25) is 4.79 Å². The second-order valence-electron chi connectivity index (χ2n) is 1.86. The Morgan fingerprint density at radius 1 is 1.78 bits per heavy atom. The highest BCUT2D eigenvalue weighted by atomic mass is 16.5. The summed E-state index contributed by atoms with van der Waals surface area (Å²) in [5.74, 6) is 0.705. The molecule has 50 valence electrons. The van der Waals surface area contributed by atoms with Crippen LogP contribution in [0.2, 0.25) is 0 Å². The number of methoxy groups -OCH3 is 1. The SMILES string of the molecule is COC1=CC(=O)CCN1. The van der Waals surface area contributed by atoms with Gasteiger partial charge < -0.3 is 10.1 Å². The lowest BCUT2D eigenvalue weighted by atomic mass is 10.2. The Morgan fingerprint density at radius 3 is 3.00 bits per heavy atom. The zero-order valence-electron chi connectivity index (χ0n) is 5.31. The molecule has 0 aromatic rings. The first kappa shape index (κ1) is 6.13. The second kappa shape index (κ2) is 2.53. The molecule has 0 saturated heterocycles. The minimum atomic E-state index is 0.130. The van der Waals surface area contributed by atoms with Gasteiger partial charge in [0, 0.05) is 19.0 Å². The molecule has 1 rings (SSSR count). The van der Waals surface area contributed by atoms with Crippen molar-refractivity contribution in [1.29, 1.82) is 0 Å². The Hall–Kier alpha value is -0.990. The summed E-state index contributed by atoms with van der Waals surface area (Å²) < 4.78 is 4.79. The Kier molecular flexibility index (Phi) is 1.72. The van der Waals surface area contributed by atoms with E-state index >= 15 is 0 Å². The second-order valence-corrected chi connectivity index (χ2v) is 1.86. The van der Waals surface area contributed by atoms with E-state index in [9.17, 15) is 4.79 Å². The number of nitrogens with one attached hydrogen (secondary N) is 1. The van der Waals surface area contributed by atoms with Gasteiger partial charge in [-0.25, -0.2) is 0 Å². The molecule has 0 fully saturated rings. The van der Waals surface area contributed by atoms with E-state index in [1.165, 1.54) is 13.2 Å². The summed E-state index contributed by atoms with van der Waals surface area (Å²) in [5, 5.41) is 2.92. The normalized spacial score (nSPS) is 18.3. The van der Waals surface area contributed by atoms with E-state index in [1.807, 2.05) is 0 Å². The molecule has 0 radical (unpaired) electrons. The van der Waals surface area contributed by atoms with Crippen molar-refractivity contribution >= 4 is 5.78 Å². The predicted octanol–water partition coefficient (Wildman–Crippen LogP) is 0.0366. The Bertz CT molecular complexity index is 151. The van der Waals surface area contributed by atoms with Crippen LogP contribution in [0.3, 0.4) is 0 Å².